The van der Waals surface area contributed by atoms with E-state index in [1.54, 1.807) is 30.2 Å². The summed E-state index contributed by atoms with van der Waals surface area (Å²) in [7, 11) is 1.64. The number of tetrazole rings is 1. The van der Waals surface area contributed by atoms with Crippen molar-refractivity contribution < 1.29 is 18.4 Å². The Balaban J connectivity index is 1.40. The highest BCUT2D eigenvalue weighted by atomic mass is 16.5. The molecule has 0 amide bonds. The lowest BCUT2D eigenvalue weighted by Crippen LogP contribution is -2.39. The molecule has 1 unspecified atom stereocenters. The fourth-order valence-electron chi connectivity index (χ4n) is 2.80. The SMILES string of the molecule is COCCn1nnnc1C1CN(Cc2nc(-c3ccco3)no2)CCO1. The molecule has 4 heterocycles. The van der Waals surface area contributed by atoms with Crippen LogP contribution in [0.5, 0.6) is 0 Å². The molecule has 0 spiro atoms. The summed E-state index contributed by atoms with van der Waals surface area (Å²) in [6, 6.07) is 3.57. The largest absolute Gasteiger partial charge is 0.461 e. The predicted octanol–water partition coefficient (Wildman–Crippen LogP) is 0.536. The Bertz CT molecular complexity index is 816. The molecule has 0 saturated carbocycles. The molecule has 4 rings (SSSR count). The van der Waals surface area contributed by atoms with Crippen molar-refractivity contribution in [2.24, 2.45) is 0 Å². The molecule has 0 N–H and O–H groups in total. The molecule has 0 aromatic carbocycles. The summed E-state index contributed by atoms with van der Waals surface area (Å²) in [5.41, 5.74) is 0. The standard InChI is InChI=1S/C15H19N7O4/c1-23-7-5-22-15(17-19-20-22)12-9-21(4-8-25-12)10-13-16-14(18-26-13)11-3-2-6-24-11/h2-3,6,12H,4-5,7-10H2,1H3. The van der Waals surface area contributed by atoms with E-state index < -0.39 is 0 Å². The van der Waals surface area contributed by atoms with Gasteiger partial charge >= 0.3 is 0 Å². The lowest BCUT2D eigenvalue weighted by atomic mass is 10.2. The average molecular weight is 361 g/mol. The molecule has 1 atom stereocenters. The topological polar surface area (TPSA) is 117 Å². The third-order valence-electron chi connectivity index (χ3n) is 4.07. The minimum absolute atomic E-state index is 0.219. The smallest absolute Gasteiger partial charge is 0.241 e. The zero-order valence-corrected chi connectivity index (χ0v) is 14.3. The van der Waals surface area contributed by atoms with E-state index in [1.165, 1.54) is 0 Å². The normalized spacial score (nSPS) is 18.4. The van der Waals surface area contributed by atoms with Crippen molar-refractivity contribution in [3.8, 4) is 11.6 Å². The Morgan fingerprint density at radius 2 is 2.35 bits per heavy atom. The molecule has 138 valence electrons. The van der Waals surface area contributed by atoms with E-state index in [4.69, 9.17) is 18.4 Å². The molecule has 26 heavy (non-hydrogen) atoms. The van der Waals surface area contributed by atoms with Gasteiger partial charge in [0.25, 0.3) is 0 Å². The van der Waals surface area contributed by atoms with E-state index in [0.29, 0.717) is 56.1 Å². The van der Waals surface area contributed by atoms with Crippen LogP contribution in [0.3, 0.4) is 0 Å². The quantitative estimate of drug-likeness (QED) is 0.590. The fourth-order valence-corrected chi connectivity index (χ4v) is 2.80. The molecule has 0 radical (unpaired) electrons. The number of aromatic nitrogens is 6. The molecule has 0 bridgehead atoms. The predicted molar refractivity (Wildman–Crippen MR) is 85.7 cm³/mol. The van der Waals surface area contributed by atoms with Gasteiger partial charge in [0.05, 0.1) is 32.6 Å². The highest BCUT2D eigenvalue weighted by molar-refractivity contribution is 5.44. The van der Waals surface area contributed by atoms with Crippen LogP contribution >= 0.6 is 0 Å². The van der Waals surface area contributed by atoms with Gasteiger partial charge in [-0.1, -0.05) is 5.16 Å². The van der Waals surface area contributed by atoms with Crippen molar-refractivity contribution >= 4 is 0 Å². The Morgan fingerprint density at radius 1 is 1.38 bits per heavy atom. The lowest BCUT2D eigenvalue weighted by Gasteiger charge is -2.31. The highest BCUT2D eigenvalue weighted by Crippen LogP contribution is 2.22. The van der Waals surface area contributed by atoms with Gasteiger partial charge in [-0.2, -0.15) is 4.98 Å². The first kappa shape index (κ1) is 16.8. The van der Waals surface area contributed by atoms with Crippen molar-refractivity contribution in [2.75, 3.05) is 33.4 Å². The maximum atomic E-state index is 5.85. The third kappa shape index (κ3) is 3.64. The van der Waals surface area contributed by atoms with Crippen LogP contribution in [0.25, 0.3) is 11.6 Å². The van der Waals surface area contributed by atoms with Gasteiger partial charge < -0.3 is 18.4 Å². The van der Waals surface area contributed by atoms with Crippen LogP contribution in [-0.2, 0) is 22.6 Å². The molecule has 0 aliphatic carbocycles. The number of furan rings is 1. The average Bonchev–Trinajstić information content (AvgIpc) is 3.41. The summed E-state index contributed by atoms with van der Waals surface area (Å²) in [4.78, 5) is 6.55. The molecule has 11 nitrogen and oxygen atoms in total. The Hall–Kier alpha value is -2.63. The van der Waals surface area contributed by atoms with Crippen LogP contribution in [0.4, 0.5) is 0 Å². The van der Waals surface area contributed by atoms with Gasteiger partial charge in [-0.15, -0.1) is 5.10 Å². The monoisotopic (exact) mass is 361 g/mol. The van der Waals surface area contributed by atoms with Gasteiger partial charge in [0.15, 0.2) is 11.6 Å². The molecule has 1 saturated heterocycles. The van der Waals surface area contributed by atoms with Crippen molar-refractivity contribution in [3.63, 3.8) is 0 Å². The van der Waals surface area contributed by atoms with Crippen LogP contribution in [0.2, 0.25) is 0 Å². The van der Waals surface area contributed by atoms with Crippen LogP contribution < -0.4 is 0 Å². The Kier molecular flexibility index (Phi) is 5.00. The van der Waals surface area contributed by atoms with Crippen molar-refractivity contribution in [2.45, 2.75) is 19.2 Å². The third-order valence-corrected chi connectivity index (χ3v) is 4.07. The number of hydrogen-bond donors (Lipinski definition) is 0. The second-order valence-corrected chi connectivity index (χ2v) is 5.84. The van der Waals surface area contributed by atoms with Crippen LogP contribution in [0.1, 0.15) is 17.8 Å². The first-order valence-corrected chi connectivity index (χ1v) is 8.29. The number of methoxy groups -OCH3 is 1. The summed E-state index contributed by atoms with van der Waals surface area (Å²) in [6.45, 7) is 3.59. The van der Waals surface area contributed by atoms with E-state index >= 15 is 0 Å². The molecule has 3 aromatic heterocycles. The molecular formula is C15H19N7O4. The Labute approximate surface area is 148 Å². The van der Waals surface area contributed by atoms with E-state index in [1.807, 2.05) is 0 Å². The first-order chi connectivity index (χ1) is 12.8. The second kappa shape index (κ2) is 7.72. The fraction of sp³-hybridized carbons (Fsp3) is 0.533. The molecule has 3 aromatic rings. The van der Waals surface area contributed by atoms with Gasteiger partial charge in [-0.3, -0.25) is 4.90 Å². The number of morpholine rings is 1. The van der Waals surface area contributed by atoms with Crippen molar-refractivity contribution in [1.29, 1.82) is 0 Å². The second-order valence-electron chi connectivity index (χ2n) is 5.84. The number of rotatable bonds is 7. The van der Waals surface area contributed by atoms with Gasteiger partial charge in [0.1, 0.15) is 6.10 Å². The summed E-state index contributed by atoms with van der Waals surface area (Å²) in [5.74, 6) is 2.24. The van der Waals surface area contributed by atoms with Gasteiger partial charge in [0.2, 0.25) is 11.7 Å². The maximum absolute atomic E-state index is 5.85. The molecule has 1 fully saturated rings. The lowest BCUT2D eigenvalue weighted by molar-refractivity contribution is -0.0421. The molecule has 1 aliphatic rings. The van der Waals surface area contributed by atoms with Crippen molar-refractivity contribution in [3.05, 3.63) is 30.1 Å². The number of hydrogen-bond acceptors (Lipinski definition) is 10. The van der Waals surface area contributed by atoms with Crippen LogP contribution in [0, 0.1) is 0 Å². The van der Waals surface area contributed by atoms with E-state index in [0.717, 1.165) is 6.54 Å². The molecule has 11 heteroatoms. The van der Waals surface area contributed by atoms with Gasteiger partial charge in [-0.05, 0) is 22.6 Å². The maximum Gasteiger partial charge on any atom is 0.241 e. The van der Waals surface area contributed by atoms with Crippen molar-refractivity contribution in [1.82, 2.24) is 35.2 Å². The summed E-state index contributed by atoms with van der Waals surface area (Å²) < 4.78 is 23.3. The number of nitrogens with zero attached hydrogens (tertiary/aromatic N) is 7. The highest BCUT2D eigenvalue weighted by Gasteiger charge is 2.28. The van der Waals surface area contributed by atoms with Crippen LogP contribution in [-0.4, -0.2) is 68.7 Å². The minimum atomic E-state index is -0.219. The minimum Gasteiger partial charge on any atom is -0.461 e. The zero-order chi connectivity index (χ0) is 17.8. The van der Waals surface area contributed by atoms with E-state index in [9.17, 15) is 0 Å². The van der Waals surface area contributed by atoms with Gasteiger partial charge in [-0.25, -0.2) is 4.68 Å². The summed E-state index contributed by atoms with van der Waals surface area (Å²) in [5, 5.41) is 15.8. The molecule has 1 aliphatic heterocycles. The van der Waals surface area contributed by atoms with Crippen LogP contribution in [0.15, 0.2) is 27.3 Å². The molecular weight excluding hydrogens is 342 g/mol. The summed E-state index contributed by atoms with van der Waals surface area (Å²) >= 11 is 0. The number of ether oxygens (including phenoxy) is 2. The van der Waals surface area contributed by atoms with E-state index in [-0.39, 0.29) is 6.10 Å². The Morgan fingerprint density at radius 3 is 3.19 bits per heavy atom. The van der Waals surface area contributed by atoms with E-state index in [2.05, 4.69) is 30.6 Å². The zero-order valence-electron chi connectivity index (χ0n) is 14.3. The summed E-state index contributed by atoms with van der Waals surface area (Å²) in [6.07, 6.45) is 1.36. The first-order valence-electron chi connectivity index (χ1n) is 8.29. The van der Waals surface area contributed by atoms with Gasteiger partial charge in [0, 0.05) is 20.2 Å².